The van der Waals surface area contributed by atoms with E-state index in [2.05, 4.69) is 41.8 Å². The van der Waals surface area contributed by atoms with Crippen LogP contribution < -0.4 is 10.6 Å². The second kappa shape index (κ2) is 8.05. The molecule has 0 aliphatic carbocycles. The van der Waals surface area contributed by atoms with Gasteiger partial charge in [-0.05, 0) is 24.8 Å². The van der Waals surface area contributed by atoms with E-state index in [0.717, 1.165) is 25.8 Å². The molecule has 2 atom stereocenters. The van der Waals surface area contributed by atoms with Gasteiger partial charge in [0.25, 0.3) is 0 Å². The molecule has 3 nitrogen and oxygen atoms in total. The first-order valence-electron chi connectivity index (χ1n) is 7.90. The molecule has 0 saturated carbocycles. The van der Waals surface area contributed by atoms with Crippen LogP contribution in [-0.2, 0) is 4.79 Å². The van der Waals surface area contributed by atoms with Gasteiger partial charge in [-0.15, -0.1) is 0 Å². The minimum Gasteiger partial charge on any atom is -0.355 e. The summed E-state index contributed by atoms with van der Waals surface area (Å²) in [6.07, 6.45) is 6.80. The summed E-state index contributed by atoms with van der Waals surface area (Å²) >= 11 is 0. The third-order valence-electron chi connectivity index (χ3n) is 3.99. The van der Waals surface area contributed by atoms with Crippen molar-refractivity contribution in [3.05, 3.63) is 35.9 Å². The van der Waals surface area contributed by atoms with Gasteiger partial charge in [0.15, 0.2) is 0 Å². The third kappa shape index (κ3) is 4.34. The van der Waals surface area contributed by atoms with Crippen molar-refractivity contribution in [2.75, 3.05) is 6.54 Å². The van der Waals surface area contributed by atoms with Crippen molar-refractivity contribution in [2.24, 2.45) is 0 Å². The molecule has 1 saturated heterocycles. The summed E-state index contributed by atoms with van der Waals surface area (Å²) in [5.41, 5.74) is 1.29. The molecule has 0 aromatic heterocycles. The van der Waals surface area contributed by atoms with Gasteiger partial charge in [-0.25, -0.2) is 0 Å². The summed E-state index contributed by atoms with van der Waals surface area (Å²) in [4.78, 5) is 11.9. The lowest BCUT2D eigenvalue weighted by molar-refractivity contribution is -0.124. The Bertz CT molecular complexity index is 405. The van der Waals surface area contributed by atoms with Crippen LogP contribution in [0, 0.1) is 0 Å². The molecule has 0 bridgehead atoms. The Balaban J connectivity index is 2.00. The van der Waals surface area contributed by atoms with E-state index in [4.69, 9.17) is 0 Å². The number of hydrogen-bond acceptors (Lipinski definition) is 2. The minimum atomic E-state index is -0.0319. The first-order valence-corrected chi connectivity index (χ1v) is 7.90. The Hall–Kier alpha value is -1.35. The van der Waals surface area contributed by atoms with Gasteiger partial charge in [-0.2, -0.15) is 0 Å². The van der Waals surface area contributed by atoms with E-state index in [1.54, 1.807) is 0 Å². The molecule has 1 aliphatic rings. The molecule has 20 heavy (non-hydrogen) atoms. The Labute approximate surface area is 122 Å². The normalized spacial score (nSPS) is 20.4. The summed E-state index contributed by atoms with van der Waals surface area (Å²) in [6.45, 7) is 3.04. The minimum absolute atomic E-state index is 0.0319. The van der Waals surface area contributed by atoms with Crippen LogP contribution in [0.15, 0.2) is 30.3 Å². The molecule has 1 aliphatic heterocycles. The first kappa shape index (κ1) is 15.0. The maximum Gasteiger partial charge on any atom is 0.237 e. The number of carbonyl (C=O) groups excluding carboxylic acids is 1. The summed E-state index contributed by atoms with van der Waals surface area (Å²) in [5, 5.41) is 6.52. The largest absolute Gasteiger partial charge is 0.355 e. The molecule has 2 unspecified atom stereocenters. The van der Waals surface area contributed by atoms with Gasteiger partial charge in [0.1, 0.15) is 0 Å². The van der Waals surface area contributed by atoms with Crippen LogP contribution in [-0.4, -0.2) is 18.5 Å². The van der Waals surface area contributed by atoms with Crippen LogP contribution in [0.3, 0.4) is 0 Å². The van der Waals surface area contributed by atoms with Crippen LogP contribution >= 0.6 is 0 Å². The number of carbonyl (C=O) groups is 1. The van der Waals surface area contributed by atoms with Crippen molar-refractivity contribution >= 4 is 5.91 Å². The Kier molecular flexibility index (Phi) is 6.06. The Morgan fingerprint density at radius 1 is 1.30 bits per heavy atom. The Morgan fingerprint density at radius 2 is 2.10 bits per heavy atom. The van der Waals surface area contributed by atoms with E-state index in [1.807, 2.05) is 6.07 Å². The highest BCUT2D eigenvalue weighted by Gasteiger charge is 2.24. The van der Waals surface area contributed by atoms with Gasteiger partial charge in [-0.3, -0.25) is 10.1 Å². The number of benzene rings is 1. The van der Waals surface area contributed by atoms with Crippen molar-refractivity contribution in [3.8, 4) is 0 Å². The molecule has 1 amide bonds. The smallest absolute Gasteiger partial charge is 0.237 e. The monoisotopic (exact) mass is 274 g/mol. The van der Waals surface area contributed by atoms with Crippen LogP contribution in [0.5, 0.6) is 0 Å². The molecule has 1 fully saturated rings. The predicted octanol–water partition coefficient (Wildman–Crippen LogP) is 3.18. The van der Waals surface area contributed by atoms with Crippen molar-refractivity contribution in [1.82, 2.24) is 10.6 Å². The maximum absolute atomic E-state index is 11.9. The molecule has 1 aromatic carbocycles. The fourth-order valence-corrected chi connectivity index (χ4v) is 2.80. The van der Waals surface area contributed by atoms with Gasteiger partial charge >= 0.3 is 0 Å². The standard InChI is InChI=1S/C17H26N2O/c1-2-3-5-11-15(14-9-6-4-7-10-14)19-16-12-8-13-18-17(16)20/h4,6-7,9-10,15-16,19H,2-3,5,8,11-13H2,1H3,(H,18,20). The average molecular weight is 274 g/mol. The van der Waals surface area contributed by atoms with Crippen molar-refractivity contribution in [2.45, 2.75) is 57.5 Å². The quantitative estimate of drug-likeness (QED) is 0.750. The predicted molar refractivity (Wildman–Crippen MR) is 82.5 cm³/mol. The van der Waals surface area contributed by atoms with Crippen LogP contribution in [0.1, 0.15) is 57.1 Å². The molecule has 0 spiro atoms. The first-order chi connectivity index (χ1) is 9.81. The van der Waals surface area contributed by atoms with Crippen LogP contribution in [0.2, 0.25) is 0 Å². The number of unbranched alkanes of at least 4 members (excludes halogenated alkanes) is 2. The number of hydrogen-bond donors (Lipinski definition) is 2. The summed E-state index contributed by atoms with van der Waals surface area (Å²) in [5.74, 6) is 0.160. The van der Waals surface area contributed by atoms with E-state index in [-0.39, 0.29) is 18.0 Å². The van der Waals surface area contributed by atoms with Gasteiger partial charge in [0.2, 0.25) is 5.91 Å². The van der Waals surface area contributed by atoms with Crippen molar-refractivity contribution in [1.29, 1.82) is 0 Å². The molecular weight excluding hydrogens is 248 g/mol. The lowest BCUT2D eigenvalue weighted by Crippen LogP contribution is -2.49. The molecule has 1 heterocycles. The zero-order valence-corrected chi connectivity index (χ0v) is 12.4. The lowest BCUT2D eigenvalue weighted by atomic mass is 9.97. The highest BCUT2D eigenvalue weighted by Crippen LogP contribution is 2.21. The third-order valence-corrected chi connectivity index (χ3v) is 3.99. The lowest BCUT2D eigenvalue weighted by Gasteiger charge is -2.28. The molecule has 0 radical (unpaired) electrons. The van der Waals surface area contributed by atoms with E-state index in [0.29, 0.717) is 0 Å². The highest BCUT2D eigenvalue weighted by molar-refractivity contribution is 5.82. The van der Waals surface area contributed by atoms with E-state index < -0.39 is 0 Å². The van der Waals surface area contributed by atoms with Crippen LogP contribution in [0.25, 0.3) is 0 Å². The number of rotatable bonds is 7. The topological polar surface area (TPSA) is 41.1 Å². The van der Waals surface area contributed by atoms with E-state index >= 15 is 0 Å². The number of amides is 1. The summed E-state index contributed by atoms with van der Waals surface area (Å²) in [6, 6.07) is 10.8. The zero-order valence-electron chi connectivity index (χ0n) is 12.4. The molecule has 1 aromatic rings. The van der Waals surface area contributed by atoms with E-state index in [1.165, 1.54) is 24.8 Å². The molecule has 2 rings (SSSR count). The number of piperidine rings is 1. The fourth-order valence-electron chi connectivity index (χ4n) is 2.80. The SMILES string of the molecule is CCCCCC(NC1CCCNC1=O)c1ccccc1. The van der Waals surface area contributed by atoms with Crippen molar-refractivity contribution in [3.63, 3.8) is 0 Å². The van der Waals surface area contributed by atoms with Crippen molar-refractivity contribution < 1.29 is 4.79 Å². The highest BCUT2D eigenvalue weighted by atomic mass is 16.2. The van der Waals surface area contributed by atoms with E-state index in [9.17, 15) is 4.79 Å². The van der Waals surface area contributed by atoms with Crippen LogP contribution in [0.4, 0.5) is 0 Å². The average Bonchev–Trinajstić information content (AvgIpc) is 2.49. The second-order valence-corrected chi connectivity index (χ2v) is 5.61. The maximum atomic E-state index is 11.9. The summed E-state index contributed by atoms with van der Waals surface area (Å²) < 4.78 is 0. The zero-order chi connectivity index (χ0) is 14.2. The fraction of sp³-hybridized carbons (Fsp3) is 0.588. The summed E-state index contributed by atoms with van der Waals surface area (Å²) in [7, 11) is 0. The second-order valence-electron chi connectivity index (χ2n) is 5.61. The van der Waals surface area contributed by atoms with Gasteiger partial charge in [0, 0.05) is 12.6 Å². The number of nitrogens with one attached hydrogen (secondary N) is 2. The van der Waals surface area contributed by atoms with Gasteiger partial charge in [-0.1, -0.05) is 56.5 Å². The molecular formula is C17H26N2O. The molecule has 110 valence electrons. The molecule has 2 N–H and O–H groups in total. The Morgan fingerprint density at radius 3 is 2.80 bits per heavy atom. The molecule has 3 heteroatoms. The van der Waals surface area contributed by atoms with Gasteiger partial charge < -0.3 is 5.32 Å². The van der Waals surface area contributed by atoms with Gasteiger partial charge in [0.05, 0.1) is 6.04 Å².